The molecule has 1 aliphatic carbocycles. The van der Waals surface area contributed by atoms with Gasteiger partial charge < -0.3 is 10.4 Å². The van der Waals surface area contributed by atoms with E-state index in [-0.39, 0.29) is 11.5 Å². The number of carbonyl (C=O) groups excluding carboxylic acids is 1. The monoisotopic (exact) mass is 365 g/mol. The van der Waals surface area contributed by atoms with E-state index < -0.39 is 39.9 Å². The molecule has 0 aromatic heterocycles. The second-order valence-electron chi connectivity index (χ2n) is 6.81. The van der Waals surface area contributed by atoms with Crippen LogP contribution in [0.1, 0.15) is 18.4 Å². The number of phenolic OH excluding ortho intramolecular Hbond substituents is 1. The van der Waals surface area contributed by atoms with E-state index in [1.807, 2.05) is 0 Å². The van der Waals surface area contributed by atoms with Crippen LogP contribution in [0.3, 0.4) is 0 Å². The van der Waals surface area contributed by atoms with E-state index in [0.717, 1.165) is 25.9 Å². The molecule has 3 fully saturated rings. The molecule has 2 heterocycles. The number of nitrogens with one attached hydrogen (secondary N) is 2. The summed E-state index contributed by atoms with van der Waals surface area (Å²) in [5, 5.41) is 13.1. The lowest BCUT2D eigenvalue weighted by molar-refractivity contribution is -0.117. The molecule has 1 aromatic rings. The van der Waals surface area contributed by atoms with Crippen molar-refractivity contribution in [1.29, 1.82) is 0 Å². The van der Waals surface area contributed by atoms with Gasteiger partial charge in [0, 0.05) is 19.0 Å². The van der Waals surface area contributed by atoms with Gasteiger partial charge in [0.1, 0.15) is 18.0 Å². The molecule has 3 aliphatic rings. The highest BCUT2D eigenvalue weighted by molar-refractivity contribution is 7.92. The summed E-state index contributed by atoms with van der Waals surface area (Å²) in [6, 6.07) is 2.48. The van der Waals surface area contributed by atoms with Crippen LogP contribution in [0, 0.1) is 29.0 Å². The Morgan fingerprint density at radius 1 is 1.32 bits per heavy atom. The first kappa shape index (κ1) is 16.2. The van der Waals surface area contributed by atoms with Crippen molar-refractivity contribution in [1.82, 2.24) is 10.0 Å². The lowest BCUT2D eigenvalue weighted by Crippen LogP contribution is -2.59. The SMILES string of the molecule is O=C1CN(c2c(O)ccc(C#CC3CC4(CNC4)C3)c2F)S(=O)(=O)N1. The van der Waals surface area contributed by atoms with Gasteiger partial charge in [-0.2, -0.15) is 8.42 Å². The Hall–Kier alpha value is -2.31. The summed E-state index contributed by atoms with van der Waals surface area (Å²) in [4.78, 5) is 11.3. The smallest absolute Gasteiger partial charge is 0.326 e. The van der Waals surface area contributed by atoms with Gasteiger partial charge in [-0.1, -0.05) is 11.8 Å². The molecule has 1 saturated carbocycles. The fourth-order valence-electron chi connectivity index (χ4n) is 3.57. The highest BCUT2D eigenvalue weighted by Crippen LogP contribution is 2.48. The Balaban J connectivity index is 1.62. The Kier molecular flexibility index (Phi) is 3.46. The summed E-state index contributed by atoms with van der Waals surface area (Å²) in [5.74, 6) is 3.65. The van der Waals surface area contributed by atoms with Crippen LogP contribution in [0.5, 0.6) is 5.75 Å². The van der Waals surface area contributed by atoms with Crippen molar-refractivity contribution < 1.29 is 22.7 Å². The van der Waals surface area contributed by atoms with Gasteiger partial charge in [-0.25, -0.2) is 13.4 Å². The van der Waals surface area contributed by atoms with E-state index in [9.17, 15) is 22.7 Å². The minimum atomic E-state index is -4.21. The number of benzene rings is 1. The number of rotatable bonds is 1. The zero-order chi connectivity index (χ0) is 17.8. The van der Waals surface area contributed by atoms with Crippen LogP contribution >= 0.6 is 0 Å². The lowest BCUT2D eigenvalue weighted by atomic mass is 9.59. The number of phenols is 1. The van der Waals surface area contributed by atoms with Gasteiger partial charge in [-0.3, -0.25) is 4.79 Å². The van der Waals surface area contributed by atoms with Gasteiger partial charge in [0.05, 0.1) is 5.56 Å². The lowest BCUT2D eigenvalue weighted by Gasteiger charge is -2.53. The van der Waals surface area contributed by atoms with E-state index in [4.69, 9.17) is 0 Å². The Morgan fingerprint density at radius 3 is 2.60 bits per heavy atom. The molecule has 0 unspecified atom stereocenters. The van der Waals surface area contributed by atoms with Crippen molar-refractivity contribution in [2.75, 3.05) is 23.9 Å². The maximum atomic E-state index is 14.7. The molecule has 7 nitrogen and oxygen atoms in total. The molecule has 2 saturated heterocycles. The van der Waals surface area contributed by atoms with Crippen LogP contribution in [-0.2, 0) is 15.0 Å². The van der Waals surface area contributed by atoms with Gasteiger partial charge >= 0.3 is 10.2 Å². The summed E-state index contributed by atoms with van der Waals surface area (Å²) in [5.41, 5.74) is -0.207. The molecule has 25 heavy (non-hydrogen) atoms. The standard InChI is InChI=1S/C16H16FN3O4S/c17-14-11(2-1-10-5-16(6-10)8-18-9-16)3-4-12(21)15(14)20-7-13(22)19-25(20,23)24/h3-4,10,18,21H,5-9H2,(H,19,22). The number of aromatic hydroxyl groups is 1. The average Bonchev–Trinajstić information content (AvgIpc) is 2.70. The van der Waals surface area contributed by atoms with Crippen LogP contribution < -0.4 is 14.3 Å². The van der Waals surface area contributed by atoms with Crippen LogP contribution in [0.4, 0.5) is 10.1 Å². The first-order chi connectivity index (χ1) is 11.8. The number of amides is 1. The van der Waals surface area contributed by atoms with Crippen LogP contribution in [0.25, 0.3) is 0 Å². The molecule has 1 aromatic carbocycles. The molecule has 2 aliphatic heterocycles. The maximum Gasteiger partial charge on any atom is 0.326 e. The molecule has 0 atom stereocenters. The Labute approximate surface area is 144 Å². The van der Waals surface area contributed by atoms with Crippen LogP contribution in [0.2, 0.25) is 0 Å². The van der Waals surface area contributed by atoms with Gasteiger partial charge in [0.15, 0.2) is 5.82 Å². The Bertz CT molecular complexity index is 923. The number of hydrogen-bond donors (Lipinski definition) is 3. The van der Waals surface area contributed by atoms with Crippen molar-refractivity contribution in [2.24, 2.45) is 11.3 Å². The van der Waals surface area contributed by atoms with Crippen LogP contribution in [-0.4, -0.2) is 39.1 Å². The number of hydrogen-bond acceptors (Lipinski definition) is 5. The van der Waals surface area contributed by atoms with Crippen molar-refractivity contribution in [3.63, 3.8) is 0 Å². The van der Waals surface area contributed by atoms with Crippen molar-refractivity contribution >= 4 is 21.8 Å². The fraction of sp³-hybridized carbons (Fsp3) is 0.438. The van der Waals surface area contributed by atoms with Crippen molar-refractivity contribution in [3.05, 3.63) is 23.5 Å². The average molecular weight is 365 g/mol. The highest BCUT2D eigenvalue weighted by Gasteiger charge is 2.47. The quantitative estimate of drug-likeness (QED) is 0.612. The molecule has 132 valence electrons. The second-order valence-corrected chi connectivity index (χ2v) is 8.40. The molecule has 3 N–H and O–H groups in total. The van der Waals surface area contributed by atoms with Gasteiger partial charge in [0.2, 0.25) is 0 Å². The number of nitrogens with zero attached hydrogens (tertiary/aromatic N) is 1. The molecule has 0 radical (unpaired) electrons. The highest BCUT2D eigenvalue weighted by atomic mass is 32.2. The molecule has 4 rings (SSSR count). The summed E-state index contributed by atoms with van der Waals surface area (Å²) in [6.45, 7) is 1.41. The third kappa shape index (κ3) is 2.62. The number of anilines is 1. The van der Waals surface area contributed by atoms with E-state index in [2.05, 4.69) is 17.2 Å². The zero-order valence-electron chi connectivity index (χ0n) is 13.2. The topological polar surface area (TPSA) is 98.7 Å². The van der Waals surface area contributed by atoms with E-state index in [0.29, 0.717) is 9.72 Å². The fourth-order valence-corrected chi connectivity index (χ4v) is 4.73. The predicted molar refractivity (Wildman–Crippen MR) is 87.4 cm³/mol. The van der Waals surface area contributed by atoms with Gasteiger partial charge in [0.25, 0.3) is 5.91 Å². The number of halogens is 1. The maximum absolute atomic E-state index is 14.7. The first-order valence-electron chi connectivity index (χ1n) is 7.87. The minimum Gasteiger partial charge on any atom is -0.506 e. The van der Waals surface area contributed by atoms with Crippen LogP contribution in [0.15, 0.2) is 12.1 Å². The summed E-state index contributed by atoms with van der Waals surface area (Å²) < 4.78 is 40.8. The molecular formula is C16H16FN3O4S. The third-order valence-electron chi connectivity index (χ3n) is 4.93. The molecule has 0 bridgehead atoms. The van der Waals surface area contributed by atoms with Crippen molar-refractivity contribution in [3.8, 4) is 17.6 Å². The third-order valence-corrected chi connectivity index (χ3v) is 6.31. The first-order valence-corrected chi connectivity index (χ1v) is 9.31. The molecule has 1 spiro atoms. The minimum absolute atomic E-state index is 0.00460. The summed E-state index contributed by atoms with van der Waals surface area (Å²) in [6.07, 6.45) is 1.94. The largest absolute Gasteiger partial charge is 0.506 e. The van der Waals surface area contributed by atoms with E-state index in [1.165, 1.54) is 12.1 Å². The summed E-state index contributed by atoms with van der Waals surface area (Å²) in [7, 11) is -4.21. The van der Waals surface area contributed by atoms with E-state index in [1.54, 1.807) is 4.72 Å². The zero-order valence-corrected chi connectivity index (χ0v) is 14.0. The normalized spacial score (nSPS) is 23.4. The molecule has 9 heteroatoms. The predicted octanol–water partition coefficient (Wildman–Crippen LogP) is 0.0634. The second kappa shape index (κ2) is 5.34. The van der Waals surface area contributed by atoms with Gasteiger partial charge in [-0.05, 0) is 30.4 Å². The number of carbonyl (C=O) groups is 1. The molecular weight excluding hydrogens is 349 g/mol. The molecule has 1 amide bonds. The van der Waals surface area contributed by atoms with E-state index >= 15 is 0 Å². The Morgan fingerprint density at radius 2 is 2.04 bits per heavy atom. The van der Waals surface area contributed by atoms with Gasteiger partial charge in [-0.15, -0.1) is 0 Å². The van der Waals surface area contributed by atoms with Crippen molar-refractivity contribution in [2.45, 2.75) is 12.8 Å². The summed E-state index contributed by atoms with van der Waals surface area (Å²) >= 11 is 0.